The number of amides is 3. The molecular weight excluding hydrogens is 460 g/mol. The number of hydrogen-bond donors (Lipinski definition) is 4. The van der Waals surface area contributed by atoms with Crippen LogP contribution in [0.2, 0.25) is 0 Å². The number of para-hydroxylation sites is 1. The first-order chi connectivity index (χ1) is 17.6. The predicted octanol–water partition coefficient (Wildman–Crippen LogP) is 3.43. The van der Waals surface area contributed by atoms with Crippen LogP contribution >= 0.6 is 0 Å². The SMILES string of the molecule is O=C(C[C@H]1C[C@H]2c3cc(NC(=O)Nc4ccccc4)ccc3O[C@H]2[C@H](CO)O1)NCc1cccnc1. The molecular formula is C27H28N4O5. The number of fused-ring (bicyclic) bond motifs is 3. The molecule has 0 aliphatic carbocycles. The monoisotopic (exact) mass is 488 g/mol. The van der Waals surface area contributed by atoms with E-state index < -0.39 is 6.10 Å². The van der Waals surface area contributed by atoms with Crippen LogP contribution in [-0.4, -0.2) is 46.9 Å². The second kappa shape index (κ2) is 10.8. The smallest absolute Gasteiger partial charge is 0.323 e. The summed E-state index contributed by atoms with van der Waals surface area (Å²) >= 11 is 0. The maximum absolute atomic E-state index is 12.6. The molecule has 0 spiro atoms. The van der Waals surface area contributed by atoms with Crippen LogP contribution in [-0.2, 0) is 16.1 Å². The summed E-state index contributed by atoms with van der Waals surface area (Å²) in [4.78, 5) is 29.1. The minimum atomic E-state index is -0.551. The van der Waals surface area contributed by atoms with E-state index in [-0.39, 0.29) is 43.1 Å². The Bertz CT molecular complexity index is 1210. The van der Waals surface area contributed by atoms with Gasteiger partial charge in [0.15, 0.2) is 0 Å². The molecule has 186 valence electrons. The van der Waals surface area contributed by atoms with Crippen molar-refractivity contribution < 1.29 is 24.2 Å². The molecule has 0 unspecified atom stereocenters. The van der Waals surface area contributed by atoms with E-state index in [0.29, 0.717) is 30.1 Å². The second-order valence-corrected chi connectivity index (χ2v) is 8.94. The summed E-state index contributed by atoms with van der Waals surface area (Å²) in [5, 5.41) is 18.5. The number of rotatable bonds is 7. The van der Waals surface area contributed by atoms with Crippen LogP contribution in [0, 0.1) is 0 Å². The van der Waals surface area contributed by atoms with E-state index in [2.05, 4.69) is 20.9 Å². The molecule has 5 rings (SSSR count). The molecule has 3 aromatic rings. The molecule has 9 nitrogen and oxygen atoms in total. The molecule has 36 heavy (non-hydrogen) atoms. The fraction of sp³-hybridized carbons (Fsp3) is 0.296. The number of benzene rings is 2. The van der Waals surface area contributed by atoms with Gasteiger partial charge < -0.3 is 30.5 Å². The molecule has 1 saturated heterocycles. The Balaban J connectivity index is 1.24. The Morgan fingerprint density at radius 2 is 1.86 bits per heavy atom. The third-order valence-corrected chi connectivity index (χ3v) is 6.41. The minimum absolute atomic E-state index is 0.0686. The highest BCUT2D eigenvalue weighted by Crippen LogP contribution is 2.47. The molecule has 4 atom stereocenters. The molecule has 3 heterocycles. The van der Waals surface area contributed by atoms with Crippen LogP contribution in [0.4, 0.5) is 16.2 Å². The van der Waals surface area contributed by atoms with Crippen molar-refractivity contribution in [3.8, 4) is 5.75 Å². The molecule has 2 aliphatic rings. The zero-order valence-electron chi connectivity index (χ0n) is 19.6. The lowest BCUT2D eigenvalue weighted by Crippen LogP contribution is -2.47. The number of carbonyl (C=O) groups excluding carboxylic acids is 2. The number of aliphatic hydroxyl groups is 1. The summed E-state index contributed by atoms with van der Waals surface area (Å²) in [6, 6.07) is 18.1. The van der Waals surface area contributed by atoms with Crippen LogP contribution < -0.4 is 20.7 Å². The standard InChI is InChI=1S/C27H28N4O5/c32-16-24-26-22(12-20(35-24)13-25(33)29-15-17-5-4-10-28-14-17)21-11-19(8-9-23(21)36-26)31-27(34)30-18-6-2-1-3-7-18/h1-11,14,20,22,24,26,32H,12-13,15-16H2,(H,29,33)(H2,30,31,34)/t20-,22+,24+,26-/m1/s1. The lowest BCUT2D eigenvalue weighted by atomic mass is 9.84. The largest absolute Gasteiger partial charge is 0.487 e. The summed E-state index contributed by atoms with van der Waals surface area (Å²) in [6.07, 6.45) is 2.86. The highest BCUT2D eigenvalue weighted by atomic mass is 16.6. The fourth-order valence-corrected chi connectivity index (χ4v) is 4.76. The quantitative estimate of drug-likeness (QED) is 0.404. The first-order valence-electron chi connectivity index (χ1n) is 11.9. The average Bonchev–Trinajstić information content (AvgIpc) is 3.26. The van der Waals surface area contributed by atoms with Gasteiger partial charge in [-0.3, -0.25) is 9.78 Å². The lowest BCUT2D eigenvalue weighted by molar-refractivity contribution is -0.142. The van der Waals surface area contributed by atoms with Gasteiger partial charge >= 0.3 is 6.03 Å². The highest BCUT2D eigenvalue weighted by Gasteiger charge is 2.46. The van der Waals surface area contributed by atoms with Gasteiger partial charge in [0.25, 0.3) is 0 Å². The number of hydrogen-bond acceptors (Lipinski definition) is 6. The topological polar surface area (TPSA) is 122 Å². The van der Waals surface area contributed by atoms with Gasteiger partial charge in [-0.2, -0.15) is 0 Å². The number of pyridine rings is 1. The maximum atomic E-state index is 12.6. The number of nitrogens with one attached hydrogen (secondary N) is 3. The van der Waals surface area contributed by atoms with Crippen LogP contribution in [0.1, 0.15) is 29.9 Å². The van der Waals surface area contributed by atoms with Gasteiger partial charge in [0.2, 0.25) is 5.91 Å². The third-order valence-electron chi connectivity index (χ3n) is 6.41. The predicted molar refractivity (Wildman–Crippen MR) is 134 cm³/mol. The van der Waals surface area contributed by atoms with Crippen molar-refractivity contribution >= 4 is 23.3 Å². The summed E-state index contributed by atoms with van der Waals surface area (Å²) in [5.74, 6) is 0.495. The second-order valence-electron chi connectivity index (χ2n) is 8.94. The van der Waals surface area contributed by atoms with Gasteiger partial charge in [-0.15, -0.1) is 0 Å². The number of nitrogens with zero attached hydrogens (tertiary/aromatic N) is 1. The Kier molecular flexibility index (Phi) is 7.11. The van der Waals surface area contributed by atoms with E-state index in [4.69, 9.17) is 9.47 Å². The van der Waals surface area contributed by atoms with E-state index in [1.165, 1.54) is 0 Å². The molecule has 1 fully saturated rings. The summed E-state index contributed by atoms with van der Waals surface area (Å²) < 4.78 is 12.1. The number of ether oxygens (including phenoxy) is 2. The van der Waals surface area contributed by atoms with Crippen molar-refractivity contribution in [3.05, 3.63) is 84.2 Å². The van der Waals surface area contributed by atoms with Crippen molar-refractivity contribution in [2.24, 2.45) is 0 Å². The molecule has 4 N–H and O–H groups in total. The summed E-state index contributed by atoms with van der Waals surface area (Å²) in [7, 11) is 0. The van der Waals surface area contributed by atoms with Gasteiger partial charge in [-0.05, 0) is 48.4 Å². The number of anilines is 2. The van der Waals surface area contributed by atoms with Crippen LogP contribution in [0.5, 0.6) is 5.75 Å². The highest BCUT2D eigenvalue weighted by molar-refractivity contribution is 5.99. The lowest BCUT2D eigenvalue weighted by Gasteiger charge is -2.37. The van der Waals surface area contributed by atoms with E-state index in [1.54, 1.807) is 18.5 Å². The minimum Gasteiger partial charge on any atom is -0.487 e. The Hall–Kier alpha value is -3.95. The summed E-state index contributed by atoms with van der Waals surface area (Å²) in [5.41, 5.74) is 3.17. The van der Waals surface area contributed by atoms with Crippen molar-refractivity contribution in [1.82, 2.24) is 10.3 Å². The van der Waals surface area contributed by atoms with Crippen molar-refractivity contribution in [3.63, 3.8) is 0 Å². The van der Waals surface area contributed by atoms with Crippen LogP contribution in [0.3, 0.4) is 0 Å². The van der Waals surface area contributed by atoms with Gasteiger partial charge in [-0.25, -0.2) is 4.79 Å². The van der Waals surface area contributed by atoms with E-state index in [0.717, 1.165) is 11.1 Å². The van der Waals surface area contributed by atoms with E-state index >= 15 is 0 Å². The molecule has 0 radical (unpaired) electrons. The molecule has 3 amide bonds. The first-order valence-corrected chi connectivity index (χ1v) is 11.9. The Morgan fingerprint density at radius 3 is 2.64 bits per heavy atom. The van der Waals surface area contributed by atoms with Gasteiger partial charge in [0.05, 0.1) is 19.1 Å². The zero-order valence-corrected chi connectivity index (χ0v) is 19.6. The average molecular weight is 489 g/mol. The molecule has 9 heteroatoms. The number of urea groups is 1. The summed E-state index contributed by atoms with van der Waals surface area (Å²) in [6.45, 7) is 0.175. The normalized spacial score (nSPS) is 22.0. The van der Waals surface area contributed by atoms with E-state index in [9.17, 15) is 14.7 Å². The first kappa shape index (κ1) is 23.8. The van der Waals surface area contributed by atoms with Gasteiger partial charge in [-0.1, -0.05) is 24.3 Å². The zero-order chi connectivity index (χ0) is 24.9. The number of aliphatic hydroxyl groups excluding tert-OH is 1. The van der Waals surface area contributed by atoms with Crippen molar-refractivity contribution in [2.45, 2.75) is 43.6 Å². The van der Waals surface area contributed by atoms with Crippen LogP contribution in [0.25, 0.3) is 0 Å². The number of aromatic nitrogens is 1. The Morgan fingerprint density at radius 1 is 1.03 bits per heavy atom. The van der Waals surface area contributed by atoms with Crippen LogP contribution in [0.15, 0.2) is 73.1 Å². The van der Waals surface area contributed by atoms with Gasteiger partial charge in [0.1, 0.15) is 18.0 Å². The van der Waals surface area contributed by atoms with Gasteiger partial charge in [0, 0.05) is 41.8 Å². The molecule has 2 aliphatic heterocycles. The van der Waals surface area contributed by atoms with Crippen molar-refractivity contribution in [2.75, 3.05) is 17.2 Å². The third kappa shape index (κ3) is 5.48. The maximum Gasteiger partial charge on any atom is 0.323 e. The molecule has 2 aromatic carbocycles. The van der Waals surface area contributed by atoms with Crippen molar-refractivity contribution in [1.29, 1.82) is 0 Å². The molecule has 0 saturated carbocycles. The fourth-order valence-electron chi connectivity index (χ4n) is 4.76. The Labute approximate surface area is 208 Å². The number of carbonyl (C=O) groups is 2. The molecule has 1 aromatic heterocycles. The molecule has 0 bridgehead atoms. The van der Waals surface area contributed by atoms with E-state index in [1.807, 2.05) is 54.6 Å².